The molecule has 0 atom stereocenters. The summed E-state index contributed by atoms with van der Waals surface area (Å²) in [7, 11) is 1.92. The Kier molecular flexibility index (Phi) is 6.88. The Labute approximate surface area is 162 Å². The molecule has 1 amide bonds. The second-order valence-corrected chi connectivity index (χ2v) is 7.42. The number of quaternary nitrogens is 1. The van der Waals surface area contributed by atoms with E-state index < -0.39 is 0 Å². The predicted octanol–water partition coefficient (Wildman–Crippen LogP) is 2.54. The van der Waals surface area contributed by atoms with Crippen LogP contribution in [0.4, 0.5) is 0 Å². The first-order valence-electron chi connectivity index (χ1n) is 10.0. The van der Waals surface area contributed by atoms with E-state index in [9.17, 15) is 4.79 Å². The summed E-state index contributed by atoms with van der Waals surface area (Å²) in [4.78, 5) is 16.2. The standard InChI is InChI=1S/C23H30N2O2/c1-3-27-22-12-8-7-11-21(22)18-25-15-13-20(14-16-25)23(26)24(2)17-19-9-5-4-6-10-19/h4-12,20H,3,13-18H2,1-2H3/p+1. The second-order valence-electron chi connectivity index (χ2n) is 7.42. The Morgan fingerprint density at radius 3 is 2.44 bits per heavy atom. The van der Waals surface area contributed by atoms with Gasteiger partial charge >= 0.3 is 0 Å². The van der Waals surface area contributed by atoms with Crippen molar-refractivity contribution >= 4 is 5.91 Å². The molecule has 1 fully saturated rings. The number of carbonyl (C=O) groups is 1. The van der Waals surface area contributed by atoms with E-state index in [1.165, 1.54) is 16.0 Å². The van der Waals surface area contributed by atoms with Crippen LogP contribution in [0, 0.1) is 5.92 Å². The van der Waals surface area contributed by atoms with Crippen LogP contribution in [0.25, 0.3) is 0 Å². The lowest BCUT2D eigenvalue weighted by molar-refractivity contribution is -0.919. The highest BCUT2D eigenvalue weighted by atomic mass is 16.5. The van der Waals surface area contributed by atoms with Gasteiger partial charge in [-0.2, -0.15) is 0 Å². The highest BCUT2D eigenvalue weighted by Crippen LogP contribution is 2.18. The Morgan fingerprint density at radius 2 is 1.74 bits per heavy atom. The summed E-state index contributed by atoms with van der Waals surface area (Å²) in [6.07, 6.45) is 1.92. The number of amides is 1. The van der Waals surface area contributed by atoms with Crippen molar-refractivity contribution in [2.45, 2.75) is 32.9 Å². The van der Waals surface area contributed by atoms with Crippen LogP contribution in [0.1, 0.15) is 30.9 Å². The fourth-order valence-corrected chi connectivity index (χ4v) is 3.91. The zero-order chi connectivity index (χ0) is 19.1. The fraction of sp³-hybridized carbons (Fsp3) is 0.435. The maximum absolute atomic E-state index is 12.8. The van der Waals surface area contributed by atoms with Crippen LogP contribution in [0.3, 0.4) is 0 Å². The van der Waals surface area contributed by atoms with Crippen molar-refractivity contribution in [1.29, 1.82) is 0 Å². The molecule has 27 heavy (non-hydrogen) atoms. The summed E-state index contributed by atoms with van der Waals surface area (Å²) in [5.41, 5.74) is 2.45. The van der Waals surface area contributed by atoms with Crippen LogP contribution in [0.2, 0.25) is 0 Å². The quantitative estimate of drug-likeness (QED) is 0.816. The van der Waals surface area contributed by atoms with Crippen molar-refractivity contribution < 1.29 is 14.4 Å². The molecule has 0 unspecified atom stereocenters. The van der Waals surface area contributed by atoms with E-state index in [2.05, 4.69) is 24.3 Å². The highest BCUT2D eigenvalue weighted by molar-refractivity contribution is 5.78. The number of hydrogen-bond acceptors (Lipinski definition) is 2. The highest BCUT2D eigenvalue weighted by Gasteiger charge is 2.29. The molecule has 0 bridgehead atoms. The Morgan fingerprint density at radius 1 is 1.07 bits per heavy atom. The molecule has 2 aromatic carbocycles. The number of rotatable bonds is 7. The maximum atomic E-state index is 12.8. The first-order valence-corrected chi connectivity index (χ1v) is 10.0. The molecule has 3 rings (SSSR count). The van der Waals surface area contributed by atoms with E-state index in [4.69, 9.17) is 4.74 Å². The normalized spacial score (nSPS) is 19.5. The first-order chi connectivity index (χ1) is 13.2. The Balaban J connectivity index is 1.50. The SMILES string of the molecule is CCOc1ccccc1C[NH+]1CCC(C(=O)N(C)Cc2ccccc2)CC1. The molecule has 0 saturated carbocycles. The van der Waals surface area contributed by atoms with Gasteiger partial charge in [-0.3, -0.25) is 4.79 Å². The minimum absolute atomic E-state index is 0.157. The number of carbonyl (C=O) groups excluding carboxylic acids is 1. The van der Waals surface area contributed by atoms with Gasteiger partial charge in [-0.25, -0.2) is 0 Å². The third-order valence-electron chi connectivity index (χ3n) is 5.39. The summed E-state index contributed by atoms with van der Waals surface area (Å²) in [6, 6.07) is 18.5. The summed E-state index contributed by atoms with van der Waals surface area (Å²) < 4.78 is 5.75. The molecule has 144 valence electrons. The summed E-state index contributed by atoms with van der Waals surface area (Å²) >= 11 is 0. The lowest BCUT2D eigenvalue weighted by atomic mass is 9.95. The number of likely N-dealkylation sites (tertiary alicyclic amines) is 1. The lowest BCUT2D eigenvalue weighted by Crippen LogP contribution is -3.11. The monoisotopic (exact) mass is 367 g/mol. The van der Waals surface area contributed by atoms with Gasteiger partial charge in [0.2, 0.25) is 5.91 Å². The Hall–Kier alpha value is -2.33. The molecule has 1 N–H and O–H groups in total. The molecule has 4 heteroatoms. The van der Waals surface area contributed by atoms with Crippen molar-refractivity contribution in [1.82, 2.24) is 4.90 Å². The molecular weight excluding hydrogens is 336 g/mol. The van der Waals surface area contributed by atoms with Gasteiger partial charge < -0.3 is 14.5 Å². The average molecular weight is 368 g/mol. The third-order valence-corrected chi connectivity index (χ3v) is 5.39. The van der Waals surface area contributed by atoms with E-state index >= 15 is 0 Å². The molecule has 0 aromatic heterocycles. The van der Waals surface area contributed by atoms with Crippen molar-refractivity contribution in [3.05, 3.63) is 65.7 Å². The topological polar surface area (TPSA) is 34.0 Å². The zero-order valence-electron chi connectivity index (χ0n) is 16.5. The number of hydrogen-bond donors (Lipinski definition) is 1. The summed E-state index contributed by atoms with van der Waals surface area (Å²) in [5.74, 6) is 1.44. The van der Waals surface area contributed by atoms with E-state index in [1.54, 1.807) is 0 Å². The van der Waals surface area contributed by atoms with Crippen molar-refractivity contribution in [3.63, 3.8) is 0 Å². The van der Waals surface area contributed by atoms with Crippen LogP contribution in [0.15, 0.2) is 54.6 Å². The van der Waals surface area contributed by atoms with Crippen molar-refractivity contribution in [2.24, 2.45) is 5.92 Å². The van der Waals surface area contributed by atoms with Gasteiger partial charge in [-0.05, 0) is 24.6 Å². The van der Waals surface area contributed by atoms with E-state index in [0.717, 1.165) is 38.2 Å². The summed E-state index contributed by atoms with van der Waals surface area (Å²) in [6.45, 7) is 6.45. The lowest BCUT2D eigenvalue weighted by Gasteiger charge is -2.31. The molecule has 1 aliphatic rings. The van der Waals surface area contributed by atoms with Crippen LogP contribution in [-0.4, -0.2) is 37.6 Å². The number of nitrogens with one attached hydrogen (secondary N) is 1. The fourth-order valence-electron chi connectivity index (χ4n) is 3.91. The van der Waals surface area contributed by atoms with Gasteiger partial charge in [0.15, 0.2) is 0 Å². The van der Waals surface area contributed by atoms with E-state index in [0.29, 0.717) is 13.2 Å². The number of ether oxygens (including phenoxy) is 1. The molecule has 2 aromatic rings. The van der Waals surface area contributed by atoms with Gasteiger partial charge in [0.1, 0.15) is 12.3 Å². The van der Waals surface area contributed by atoms with Crippen LogP contribution < -0.4 is 9.64 Å². The molecule has 1 heterocycles. The number of nitrogens with zero attached hydrogens (tertiary/aromatic N) is 1. The van der Waals surface area contributed by atoms with Crippen LogP contribution >= 0.6 is 0 Å². The smallest absolute Gasteiger partial charge is 0.226 e. The van der Waals surface area contributed by atoms with Crippen LogP contribution in [-0.2, 0) is 17.9 Å². The third kappa shape index (κ3) is 5.33. The molecule has 1 aliphatic heterocycles. The minimum Gasteiger partial charge on any atom is -0.493 e. The molecule has 0 aliphatic carbocycles. The molecule has 0 spiro atoms. The van der Waals surface area contributed by atoms with Crippen LogP contribution in [0.5, 0.6) is 5.75 Å². The Bertz CT molecular complexity index is 724. The molecule has 1 saturated heterocycles. The van der Waals surface area contributed by atoms with E-state index in [-0.39, 0.29) is 11.8 Å². The maximum Gasteiger partial charge on any atom is 0.226 e. The van der Waals surface area contributed by atoms with Gasteiger partial charge in [-0.1, -0.05) is 42.5 Å². The molecular formula is C23H31N2O2+. The van der Waals surface area contributed by atoms with Gasteiger partial charge in [0, 0.05) is 37.9 Å². The minimum atomic E-state index is 0.157. The van der Waals surface area contributed by atoms with Gasteiger partial charge in [0.25, 0.3) is 0 Å². The molecule has 0 radical (unpaired) electrons. The number of piperidine rings is 1. The van der Waals surface area contributed by atoms with Gasteiger partial charge in [-0.15, -0.1) is 0 Å². The molecule has 4 nitrogen and oxygen atoms in total. The van der Waals surface area contributed by atoms with Crippen molar-refractivity contribution in [2.75, 3.05) is 26.7 Å². The number of para-hydroxylation sites is 1. The average Bonchev–Trinajstić information content (AvgIpc) is 2.70. The van der Waals surface area contributed by atoms with Crippen molar-refractivity contribution in [3.8, 4) is 5.75 Å². The summed E-state index contributed by atoms with van der Waals surface area (Å²) in [5, 5.41) is 0. The largest absolute Gasteiger partial charge is 0.493 e. The first kappa shape index (κ1) is 19.4. The second kappa shape index (κ2) is 9.56. The zero-order valence-corrected chi connectivity index (χ0v) is 16.5. The van der Waals surface area contributed by atoms with E-state index in [1.807, 2.05) is 49.2 Å². The number of benzene rings is 2. The van der Waals surface area contributed by atoms with Gasteiger partial charge in [0.05, 0.1) is 19.7 Å². The predicted molar refractivity (Wildman–Crippen MR) is 108 cm³/mol.